The normalized spacial score (nSPS) is 21.8. The van der Waals surface area contributed by atoms with Gasteiger partial charge in [-0.15, -0.1) is 0 Å². The fraction of sp³-hybridized carbons (Fsp3) is 0.429. The number of rotatable bonds is 4. The summed E-state index contributed by atoms with van der Waals surface area (Å²) < 4.78 is 28.2. The van der Waals surface area contributed by atoms with Crippen molar-refractivity contribution in [3.05, 3.63) is 53.6 Å². The average Bonchev–Trinajstić information content (AvgIpc) is 2.57. The van der Waals surface area contributed by atoms with Crippen LogP contribution in [0.1, 0.15) is 56.7 Å². The highest BCUT2D eigenvalue weighted by atomic mass is 32.2. The van der Waals surface area contributed by atoms with Crippen LogP contribution >= 0.6 is 0 Å². The number of sulfonamides is 1. The first-order chi connectivity index (χ1) is 12.7. The predicted octanol–water partition coefficient (Wildman–Crippen LogP) is 3.93. The van der Waals surface area contributed by atoms with Gasteiger partial charge in [-0.1, -0.05) is 32.4 Å². The molecule has 27 heavy (non-hydrogen) atoms. The number of nitrogens with one attached hydrogen (secondary N) is 2. The van der Waals surface area contributed by atoms with Crippen LogP contribution in [0.3, 0.4) is 0 Å². The molecule has 6 heteroatoms. The molecule has 0 amide bonds. The van der Waals surface area contributed by atoms with Gasteiger partial charge in [-0.05, 0) is 66.1 Å². The molecule has 0 radical (unpaired) electrons. The fourth-order valence-electron chi connectivity index (χ4n) is 4.03. The monoisotopic (exact) mass is 385 g/mol. The second-order valence-corrected chi connectivity index (χ2v) is 10.1. The van der Waals surface area contributed by atoms with Crippen LogP contribution < -0.4 is 15.8 Å². The molecule has 1 saturated carbocycles. The minimum atomic E-state index is -3.47. The molecular formula is C21H27N3O2S. The highest BCUT2D eigenvalue weighted by Gasteiger charge is 2.35. The summed E-state index contributed by atoms with van der Waals surface area (Å²) in [7, 11) is -3.47. The Labute approximate surface area is 161 Å². The largest absolute Gasteiger partial charge is 0.399 e. The Morgan fingerprint density at radius 2 is 1.93 bits per heavy atom. The van der Waals surface area contributed by atoms with Crippen molar-refractivity contribution in [1.29, 1.82) is 0 Å². The molecule has 2 aliphatic rings. The molecule has 0 bridgehead atoms. The van der Waals surface area contributed by atoms with Crippen LogP contribution in [-0.4, -0.2) is 14.5 Å². The third-order valence-electron chi connectivity index (χ3n) is 5.81. The zero-order valence-electron chi connectivity index (χ0n) is 15.8. The summed E-state index contributed by atoms with van der Waals surface area (Å²) in [6, 6.07) is 13.6. The second-order valence-electron chi connectivity index (χ2n) is 8.41. The van der Waals surface area contributed by atoms with Crippen LogP contribution in [0.5, 0.6) is 0 Å². The van der Waals surface area contributed by atoms with Crippen molar-refractivity contribution in [2.24, 2.45) is 0 Å². The van der Waals surface area contributed by atoms with E-state index in [1.165, 1.54) is 0 Å². The summed E-state index contributed by atoms with van der Waals surface area (Å²) in [5.74, 6) is 0. The third kappa shape index (κ3) is 3.56. The maximum Gasteiger partial charge on any atom is 0.240 e. The van der Waals surface area contributed by atoms with E-state index in [-0.39, 0.29) is 17.5 Å². The van der Waals surface area contributed by atoms with Crippen LogP contribution in [0.15, 0.2) is 47.4 Å². The van der Waals surface area contributed by atoms with Gasteiger partial charge in [-0.2, -0.15) is 0 Å². The number of hydrogen-bond acceptors (Lipinski definition) is 4. The Kier molecular flexibility index (Phi) is 4.43. The molecule has 1 unspecified atom stereocenters. The fourth-order valence-corrected chi connectivity index (χ4v) is 5.36. The van der Waals surface area contributed by atoms with E-state index >= 15 is 0 Å². The van der Waals surface area contributed by atoms with Gasteiger partial charge < -0.3 is 11.1 Å². The van der Waals surface area contributed by atoms with Gasteiger partial charge in [-0.3, -0.25) is 0 Å². The molecule has 1 aliphatic carbocycles. The molecule has 1 atom stereocenters. The van der Waals surface area contributed by atoms with Gasteiger partial charge in [0.05, 0.1) is 10.9 Å². The number of fused-ring (bicyclic) bond motifs is 1. The molecule has 2 aromatic carbocycles. The summed E-state index contributed by atoms with van der Waals surface area (Å²) in [6.07, 6.45) is 3.82. The standard InChI is InChI=1S/C21H27N3O2S/c1-21(2)13-20(14-5-3-6-15(22)11-14)23-19-10-9-17(12-18(19)21)27(25,26)24-16-7-4-8-16/h3,5-6,9-12,16,20,23-24H,4,7-8,13,22H2,1-2H3. The summed E-state index contributed by atoms with van der Waals surface area (Å²) in [4.78, 5) is 0.352. The van der Waals surface area contributed by atoms with E-state index in [0.717, 1.165) is 48.2 Å². The Balaban J connectivity index is 1.66. The predicted molar refractivity (Wildman–Crippen MR) is 109 cm³/mol. The molecule has 2 aromatic rings. The molecule has 1 fully saturated rings. The second kappa shape index (κ2) is 6.53. The Hall–Kier alpha value is -2.05. The first kappa shape index (κ1) is 18.3. The third-order valence-corrected chi connectivity index (χ3v) is 7.33. The van der Waals surface area contributed by atoms with Crippen LogP contribution in [0.2, 0.25) is 0 Å². The lowest BCUT2D eigenvalue weighted by atomic mass is 9.74. The number of nitrogen functional groups attached to an aromatic ring is 1. The first-order valence-electron chi connectivity index (χ1n) is 9.53. The van der Waals surface area contributed by atoms with E-state index in [0.29, 0.717) is 4.90 Å². The summed E-state index contributed by atoms with van der Waals surface area (Å²) >= 11 is 0. The number of nitrogens with two attached hydrogens (primary N) is 1. The molecule has 1 aliphatic heterocycles. The van der Waals surface area contributed by atoms with Gasteiger partial charge >= 0.3 is 0 Å². The molecular weight excluding hydrogens is 358 g/mol. The highest BCUT2D eigenvalue weighted by Crippen LogP contribution is 2.44. The molecule has 4 N–H and O–H groups in total. The summed E-state index contributed by atoms with van der Waals surface area (Å²) in [5, 5.41) is 3.57. The van der Waals surface area contributed by atoms with Crippen molar-refractivity contribution in [1.82, 2.24) is 4.72 Å². The smallest absolute Gasteiger partial charge is 0.240 e. The molecule has 5 nitrogen and oxygen atoms in total. The average molecular weight is 386 g/mol. The lowest BCUT2D eigenvalue weighted by molar-refractivity contribution is 0.383. The number of hydrogen-bond donors (Lipinski definition) is 3. The van der Waals surface area contributed by atoms with Crippen LogP contribution in [0.25, 0.3) is 0 Å². The molecule has 0 saturated heterocycles. The maximum absolute atomic E-state index is 12.7. The van der Waals surface area contributed by atoms with E-state index < -0.39 is 10.0 Å². The molecule has 0 spiro atoms. The van der Waals surface area contributed by atoms with Gasteiger partial charge in [0.15, 0.2) is 0 Å². The quantitative estimate of drug-likeness (QED) is 0.696. The van der Waals surface area contributed by atoms with Crippen molar-refractivity contribution < 1.29 is 8.42 Å². The summed E-state index contributed by atoms with van der Waals surface area (Å²) in [5.41, 5.74) is 9.72. The van der Waals surface area contributed by atoms with Gasteiger partial charge in [-0.25, -0.2) is 13.1 Å². The number of anilines is 2. The van der Waals surface area contributed by atoms with Crippen LogP contribution in [0.4, 0.5) is 11.4 Å². The van der Waals surface area contributed by atoms with Crippen molar-refractivity contribution in [2.75, 3.05) is 11.1 Å². The Morgan fingerprint density at radius 3 is 2.59 bits per heavy atom. The molecule has 0 aromatic heterocycles. The van der Waals surface area contributed by atoms with E-state index in [2.05, 4.69) is 30.0 Å². The van der Waals surface area contributed by atoms with Gasteiger partial charge in [0.1, 0.15) is 0 Å². The minimum absolute atomic E-state index is 0.0880. The van der Waals surface area contributed by atoms with Crippen molar-refractivity contribution >= 4 is 21.4 Å². The zero-order valence-corrected chi connectivity index (χ0v) is 16.6. The SMILES string of the molecule is CC1(C)CC(c2cccc(N)c2)Nc2ccc(S(=O)(=O)NC3CCC3)cc21. The molecule has 1 heterocycles. The Morgan fingerprint density at radius 1 is 1.15 bits per heavy atom. The van der Waals surface area contributed by atoms with E-state index in [4.69, 9.17) is 5.73 Å². The van der Waals surface area contributed by atoms with E-state index in [9.17, 15) is 8.42 Å². The topological polar surface area (TPSA) is 84.2 Å². The minimum Gasteiger partial charge on any atom is -0.399 e. The lowest BCUT2D eigenvalue weighted by Crippen LogP contribution is -2.39. The van der Waals surface area contributed by atoms with Crippen molar-refractivity contribution in [3.8, 4) is 0 Å². The highest BCUT2D eigenvalue weighted by molar-refractivity contribution is 7.89. The van der Waals surface area contributed by atoms with Crippen LogP contribution in [0, 0.1) is 0 Å². The van der Waals surface area contributed by atoms with Gasteiger partial charge in [0.25, 0.3) is 0 Å². The summed E-state index contributed by atoms with van der Waals surface area (Å²) in [6.45, 7) is 4.34. The molecule has 144 valence electrons. The zero-order chi connectivity index (χ0) is 19.2. The first-order valence-corrected chi connectivity index (χ1v) is 11.0. The molecule has 4 rings (SSSR count). The van der Waals surface area contributed by atoms with E-state index in [1.807, 2.05) is 30.3 Å². The Bertz CT molecular complexity index is 965. The van der Waals surface area contributed by atoms with Crippen LogP contribution in [-0.2, 0) is 15.4 Å². The van der Waals surface area contributed by atoms with Gasteiger partial charge in [0, 0.05) is 17.4 Å². The lowest BCUT2D eigenvalue weighted by Gasteiger charge is -2.39. The van der Waals surface area contributed by atoms with E-state index in [1.54, 1.807) is 6.07 Å². The maximum atomic E-state index is 12.7. The van der Waals surface area contributed by atoms with Gasteiger partial charge in [0.2, 0.25) is 10.0 Å². The van der Waals surface area contributed by atoms with Crippen molar-refractivity contribution in [2.45, 2.75) is 61.9 Å². The number of benzene rings is 2. The van der Waals surface area contributed by atoms with Crippen molar-refractivity contribution in [3.63, 3.8) is 0 Å².